The molecule has 0 aliphatic carbocycles. The number of amides is 2. The lowest BCUT2D eigenvalue weighted by molar-refractivity contribution is -0.138. The van der Waals surface area contributed by atoms with Crippen molar-refractivity contribution in [3.05, 3.63) is 106 Å². The molecule has 0 saturated carbocycles. The fraction of sp³-hybridized carbons (Fsp3) is 0.412. The highest BCUT2D eigenvalue weighted by Crippen LogP contribution is 2.29. The van der Waals surface area contributed by atoms with E-state index >= 15 is 4.39 Å². The van der Waals surface area contributed by atoms with Gasteiger partial charge in [0.1, 0.15) is 11.9 Å². The number of carbonyl (C=O) groups is 2. The molecule has 3 aromatic carbocycles. The first-order chi connectivity index (χ1) is 22.0. The Hall–Kier alpha value is -3.35. The Morgan fingerprint density at radius 3 is 2.37 bits per heavy atom. The van der Waals surface area contributed by atoms with Gasteiger partial charge in [-0.15, -0.1) is 0 Å². The maximum absolute atomic E-state index is 15.0. The van der Waals surface area contributed by atoms with Crippen LogP contribution < -0.4 is 10.6 Å². The number of carbonyl (C=O) groups excluding carboxylic acids is 2. The largest absolute Gasteiger partial charge is 0.344 e. The van der Waals surface area contributed by atoms with Crippen molar-refractivity contribution in [2.45, 2.75) is 44.4 Å². The number of nitrogens with one attached hydrogen (secondary N) is 2. The van der Waals surface area contributed by atoms with Gasteiger partial charge in [0.15, 0.2) is 0 Å². The van der Waals surface area contributed by atoms with E-state index in [9.17, 15) is 18.0 Å². The van der Waals surface area contributed by atoms with Crippen LogP contribution in [0.1, 0.15) is 47.7 Å². The van der Waals surface area contributed by atoms with Crippen molar-refractivity contribution in [2.24, 2.45) is 0 Å². The molecule has 246 valence electrons. The van der Waals surface area contributed by atoms with E-state index in [2.05, 4.69) is 10.6 Å². The van der Waals surface area contributed by atoms with Gasteiger partial charge >= 0.3 is 0 Å². The third-order valence-corrected chi connectivity index (χ3v) is 10.5. The molecule has 46 heavy (non-hydrogen) atoms. The first kappa shape index (κ1) is 34.0. The van der Waals surface area contributed by atoms with E-state index in [1.807, 2.05) is 41.3 Å². The first-order valence-corrected chi connectivity index (χ1v) is 17.8. The van der Waals surface area contributed by atoms with Crippen LogP contribution in [0.15, 0.2) is 72.8 Å². The molecule has 3 unspecified atom stereocenters. The highest BCUT2D eigenvalue weighted by atomic mass is 35.5. The number of nitrogens with zero attached hydrogens (tertiary/aromatic N) is 3. The average Bonchev–Trinajstić information content (AvgIpc) is 3.44. The Bertz CT molecular complexity index is 1630. The molecule has 0 spiro atoms. The summed E-state index contributed by atoms with van der Waals surface area (Å²) in [6.45, 7) is 4.33. The number of hydrogen-bond donors (Lipinski definition) is 2. The van der Waals surface area contributed by atoms with Crippen LogP contribution >= 0.6 is 11.6 Å². The van der Waals surface area contributed by atoms with Gasteiger partial charge in [-0.05, 0) is 34.9 Å². The summed E-state index contributed by atoms with van der Waals surface area (Å²) >= 11 is 6.10. The molecule has 0 aromatic heterocycles. The van der Waals surface area contributed by atoms with Gasteiger partial charge in [0, 0.05) is 75.3 Å². The number of likely N-dealkylation sites (N-methyl/N-ethyl adjacent to an activating group) is 1. The lowest BCUT2D eigenvalue weighted by Gasteiger charge is -2.41. The predicted molar refractivity (Wildman–Crippen MR) is 177 cm³/mol. The van der Waals surface area contributed by atoms with Gasteiger partial charge in [-0.3, -0.25) is 14.5 Å². The van der Waals surface area contributed by atoms with E-state index in [1.165, 1.54) is 15.9 Å². The minimum atomic E-state index is -3.51. The Labute approximate surface area is 275 Å². The maximum Gasteiger partial charge on any atom is 0.245 e. The lowest BCUT2D eigenvalue weighted by atomic mass is 10.0. The van der Waals surface area contributed by atoms with Crippen LogP contribution in [0.4, 0.5) is 4.39 Å². The Morgan fingerprint density at radius 1 is 1.02 bits per heavy atom. The third kappa shape index (κ3) is 8.32. The second kappa shape index (κ2) is 15.0. The number of rotatable bonds is 12. The highest BCUT2D eigenvalue weighted by molar-refractivity contribution is 7.88. The van der Waals surface area contributed by atoms with E-state index < -0.39 is 27.9 Å². The van der Waals surface area contributed by atoms with Crippen molar-refractivity contribution in [2.75, 3.05) is 45.5 Å². The van der Waals surface area contributed by atoms with Crippen LogP contribution in [0.25, 0.3) is 0 Å². The molecule has 0 radical (unpaired) electrons. The van der Waals surface area contributed by atoms with Crippen molar-refractivity contribution < 1.29 is 22.4 Å². The molecule has 2 amide bonds. The molecule has 9 nitrogen and oxygen atoms in total. The van der Waals surface area contributed by atoms with Crippen molar-refractivity contribution in [1.82, 2.24) is 24.7 Å². The van der Waals surface area contributed by atoms with E-state index in [1.54, 1.807) is 42.2 Å². The highest BCUT2D eigenvalue weighted by Gasteiger charge is 2.34. The molecule has 3 aromatic rings. The van der Waals surface area contributed by atoms with E-state index in [-0.39, 0.29) is 37.4 Å². The number of fused-ring (bicyclic) bond motifs is 1. The molecule has 2 aliphatic heterocycles. The Kier molecular flexibility index (Phi) is 11.1. The molecule has 2 aliphatic rings. The smallest absolute Gasteiger partial charge is 0.245 e. The van der Waals surface area contributed by atoms with Crippen LogP contribution in [0.3, 0.4) is 0 Å². The van der Waals surface area contributed by atoms with E-state index in [4.69, 9.17) is 11.6 Å². The quantitative estimate of drug-likeness (QED) is 0.303. The maximum atomic E-state index is 15.0. The Balaban J connectivity index is 1.30. The molecule has 2 N–H and O–H groups in total. The molecule has 12 heteroatoms. The molecule has 0 bridgehead atoms. The van der Waals surface area contributed by atoms with Crippen LogP contribution in [-0.2, 0) is 32.6 Å². The van der Waals surface area contributed by atoms with Gasteiger partial charge in [-0.25, -0.2) is 17.1 Å². The minimum absolute atomic E-state index is 0.0950. The summed E-state index contributed by atoms with van der Waals surface area (Å²) in [4.78, 5) is 31.1. The standard InChI is InChI=1S/C34H41ClFN5O4S/c1-3-41(46(2,44)45)23-32(28-10-6-7-11-29(28)36)39-16-18-40(19-17-39)34(43)31(20-24-12-14-26(35)15-13-24)38-33(42)21-30-27-9-5-4-8-25(27)22-37-30/h4-15,30-32,37H,3,16-23H2,1-2H3,(H,38,42). The number of halogens is 2. The fourth-order valence-electron chi connectivity index (χ4n) is 6.38. The van der Waals surface area contributed by atoms with Gasteiger partial charge in [0.25, 0.3) is 0 Å². The van der Waals surface area contributed by atoms with Crippen molar-refractivity contribution >= 4 is 33.4 Å². The SMILES string of the molecule is CCN(CC(c1ccccc1F)N1CCN(C(=O)C(Cc2ccc(Cl)cc2)NC(=O)CC2NCc3ccccc32)CC1)S(C)(=O)=O. The molecular formula is C34H41ClFN5O4S. The van der Waals surface area contributed by atoms with Crippen molar-refractivity contribution in [3.63, 3.8) is 0 Å². The van der Waals surface area contributed by atoms with Gasteiger partial charge in [-0.2, -0.15) is 0 Å². The Morgan fingerprint density at radius 2 is 1.70 bits per heavy atom. The fourth-order valence-corrected chi connectivity index (χ4v) is 7.38. The summed E-state index contributed by atoms with van der Waals surface area (Å²) in [5.41, 5.74) is 3.54. The number of piperazine rings is 1. The molecular weight excluding hydrogens is 629 g/mol. The minimum Gasteiger partial charge on any atom is -0.344 e. The van der Waals surface area contributed by atoms with E-state index in [0.29, 0.717) is 49.7 Å². The second-order valence-corrected chi connectivity index (χ2v) is 14.3. The zero-order valence-electron chi connectivity index (χ0n) is 26.2. The third-order valence-electron chi connectivity index (χ3n) is 8.87. The zero-order chi connectivity index (χ0) is 32.8. The van der Waals surface area contributed by atoms with Crippen LogP contribution in [-0.4, -0.2) is 85.9 Å². The summed E-state index contributed by atoms with van der Waals surface area (Å²) in [5, 5.41) is 6.99. The van der Waals surface area contributed by atoms with Gasteiger partial charge in [0.05, 0.1) is 12.3 Å². The molecule has 2 heterocycles. The molecule has 1 fully saturated rings. The summed E-state index contributed by atoms with van der Waals surface area (Å²) in [6.07, 6.45) is 1.66. The number of benzene rings is 3. The van der Waals surface area contributed by atoms with Gasteiger partial charge in [-0.1, -0.05) is 73.1 Å². The van der Waals surface area contributed by atoms with Crippen molar-refractivity contribution in [3.8, 4) is 0 Å². The van der Waals surface area contributed by atoms with E-state index in [0.717, 1.165) is 17.4 Å². The second-order valence-electron chi connectivity index (χ2n) is 11.9. The molecule has 5 rings (SSSR count). The average molecular weight is 670 g/mol. The summed E-state index contributed by atoms with van der Waals surface area (Å²) in [7, 11) is -3.51. The van der Waals surface area contributed by atoms with Gasteiger partial charge in [0.2, 0.25) is 21.8 Å². The predicted octanol–water partition coefficient (Wildman–Crippen LogP) is 3.91. The summed E-state index contributed by atoms with van der Waals surface area (Å²) in [5.74, 6) is -0.822. The monoisotopic (exact) mass is 669 g/mol. The van der Waals surface area contributed by atoms with Gasteiger partial charge < -0.3 is 15.5 Å². The van der Waals surface area contributed by atoms with Crippen LogP contribution in [0.5, 0.6) is 0 Å². The summed E-state index contributed by atoms with van der Waals surface area (Å²) < 4.78 is 41.3. The normalized spacial score (nSPS) is 18.3. The summed E-state index contributed by atoms with van der Waals surface area (Å²) in [6, 6.07) is 20.2. The first-order valence-electron chi connectivity index (χ1n) is 15.6. The van der Waals surface area contributed by atoms with Crippen LogP contribution in [0.2, 0.25) is 5.02 Å². The topological polar surface area (TPSA) is 102 Å². The molecule has 1 saturated heterocycles. The zero-order valence-corrected chi connectivity index (χ0v) is 27.7. The lowest BCUT2D eigenvalue weighted by Crippen LogP contribution is -2.56. The number of hydrogen-bond acceptors (Lipinski definition) is 6. The molecule has 3 atom stereocenters. The number of sulfonamides is 1. The van der Waals surface area contributed by atoms with Crippen molar-refractivity contribution in [1.29, 1.82) is 0 Å². The van der Waals surface area contributed by atoms with Crippen LogP contribution in [0, 0.1) is 5.82 Å².